The molecule has 0 N–H and O–H groups in total. The summed E-state index contributed by atoms with van der Waals surface area (Å²) in [5.74, 6) is 0. The zero-order valence-electron chi connectivity index (χ0n) is 19.9. The van der Waals surface area contributed by atoms with Gasteiger partial charge < -0.3 is 4.57 Å². The Hall–Kier alpha value is -4.04. The normalized spacial score (nSPS) is 14.7. The van der Waals surface area contributed by atoms with Gasteiger partial charge >= 0.3 is 0 Å². The van der Waals surface area contributed by atoms with Gasteiger partial charge in [0.2, 0.25) is 6.71 Å². The number of fused-ring (bicyclic) bond motifs is 8. The predicted octanol–water partition coefficient (Wildman–Crippen LogP) is 5.92. The van der Waals surface area contributed by atoms with Crippen molar-refractivity contribution < 1.29 is 0 Å². The molecule has 3 heterocycles. The van der Waals surface area contributed by atoms with Crippen LogP contribution in [0.4, 0.5) is 0 Å². The van der Waals surface area contributed by atoms with Gasteiger partial charge in [-0.3, -0.25) is 0 Å². The third kappa shape index (κ3) is 2.30. The summed E-state index contributed by atoms with van der Waals surface area (Å²) in [5, 5.41) is 2.68. The van der Waals surface area contributed by atoms with Crippen LogP contribution in [0.5, 0.6) is 0 Å². The Kier molecular flexibility index (Phi) is 3.61. The van der Waals surface area contributed by atoms with Gasteiger partial charge in [-0.25, -0.2) is 0 Å². The summed E-state index contributed by atoms with van der Waals surface area (Å²) in [5.41, 5.74) is 13.7. The minimum Gasteiger partial charge on any atom is -0.310 e. The van der Waals surface area contributed by atoms with Gasteiger partial charge in [0, 0.05) is 33.0 Å². The number of para-hydroxylation sites is 2. The van der Waals surface area contributed by atoms with E-state index < -0.39 is 0 Å². The lowest BCUT2D eigenvalue weighted by Crippen LogP contribution is -2.63. The fourth-order valence-corrected chi connectivity index (χ4v) is 6.99. The average molecular weight is 445 g/mol. The van der Waals surface area contributed by atoms with Crippen LogP contribution in [0.15, 0.2) is 109 Å². The highest BCUT2D eigenvalue weighted by Gasteiger charge is 2.44. The van der Waals surface area contributed by atoms with E-state index in [1.54, 1.807) is 0 Å². The molecule has 0 saturated heterocycles. The molecule has 0 amide bonds. The molecular weight excluding hydrogens is 421 g/mol. The maximum atomic E-state index is 2.57. The van der Waals surface area contributed by atoms with E-state index in [9.17, 15) is 0 Å². The summed E-state index contributed by atoms with van der Waals surface area (Å²) in [6, 6.07) is 40.6. The van der Waals surface area contributed by atoms with Gasteiger partial charge in [-0.1, -0.05) is 122 Å². The van der Waals surface area contributed by atoms with Crippen molar-refractivity contribution in [3.8, 4) is 16.8 Å². The molecule has 8 rings (SSSR count). The summed E-state index contributed by atoms with van der Waals surface area (Å²) >= 11 is 0. The molecule has 0 spiro atoms. The second-order valence-electron chi connectivity index (χ2n) is 10.5. The maximum Gasteiger partial charge on any atom is 0.247 e. The summed E-state index contributed by atoms with van der Waals surface area (Å²) in [6.07, 6.45) is 0. The van der Waals surface area contributed by atoms with E-state index >= 15 is 0 Å². The van der Waals surface area contributed by atoms with E-state index in [-0.39, 0.29) is 12.1 Å². The quantitative estimate of drug-likeness (QED) is 0.277. The van der Waals surface area contributed by atoms with Crippen molar-refractivity contribution in [2.45, 2.75) is 19.3 Å². The Morgan fingerprint density at radius 3 is 2.14 bits per heavy atom. The molecule has 0 radical (unpaired) electrons. The van der Waals surface area contributed by atoms with Crippen molar-refractivity contribution in [2.24, 2.45) is 0 Å². The molecule has 0 fully saturated rings. The number of nitrogens with zero attached hydrogens (tertiary/aromatic N) is 1. The van der Waals surface area contributed by atoms with E-state index in [1.165, 1.54) is 66.1 Å². The molecule has 5 aromatic carbocycles. The molecule has 0 bridgehead atoms. The monoisotopic (exact) mass is 445 g/mol. The van der Waals surface area contributed by atoms with E-state index in [0.717, 1.165) is 0 Å². The molecule has 0 saturated carbocycles. The lowest BCUT2D eigenvalue weighted by atomic mass is 9.30. The predicted molar refractivity (Wildman–Crippen MR) is 149 cm³/mol. The van der Waals surface area contributed by atoms with Crippen molar-refractivity contribution >= 4 is 44.9 Å². The van der Waals surface area contributed by atoms with Gasteiger partial charge in [0.1, 0.15) is 0 Å². The second kappa shape index (κ2) is 6.55. The Balaban J connectivity index is 1.63. The first-order valence-electron chi connectivity index (χ1n) is 12.5. The standard InChI is InChI=1S/C33H24BN/c1-33(2)25-15-6-7-16-27(25)34-28-17-8-9-18-29(28)35-31-22(21-11-4-3-5-12-21)13-10-14-23(31)24-19-20-26(33)30(34)32(24)35/h3-20H,1-2H3. The van der Waals surface area contributed by atoms with Crippen LogP contribution in [0.25, 0.3) is 38.6 Å². The first-order chi connectivity index (χ1) is 17.2. The highest BCUT2D eigenvalue weighted by molar-refractivity contribution is 6.99. The highest BCUT2D eigenvalue weighted by Crippen LogP contribution is 2.42. The average Bonchev–Trinajstić information content (AvgIpc) is 3.25. The van der Waals surface area contributed by atoms with E-state index in [4.69, 9.17) is 0 Å². The van der Waals surface area contributed by atoms with Crippen LogP contribution in [-0.2, 0) is 5.41 Å². The molecule has 1 aromatic heterocycles. The zero-order chi connectivity index (χ0) is 23.3. The fourth-order valence-electron chi connectivity index (χ4n) is 6.99. The Bertz CT molecular complexity index is 1820. The van der Waals surface area contributed by atoms with Crippen LogP contribution in [0, 0.1) is 0 Å². The van der Waals surface area contributed by atoms with Crippen molar-refractivity contribution in [3.05, 3.63) is 120 Å². The largest absolute Gasteiger partial charge is 0.310 e. The van der Waals surface area contributed by atoms with Crippen molar-refractivity contribution in [3.63, 3.8) is 0 Å². The minimum absolute atomic E-state index is 0.0492. The second-order valence-corrected chi connectivity index (χ2v) is 10.5. The Labute approximate surface area is 205 Å². The van der Waals surface area contributed by atoms with Gasteiger partial charge in [-0.05, 0) is 33.7 Å². The highest BCUT2D eigenvalue weighted by atomic mass is 15.0. The molecule has 0 aliphatic carbocycles. The minimum atomic E-state index is -0.0492. The van der Waals surface area contributed by atoms with Crippen LogP contribution in [-0.4, -0.2) is 11.3 Å². The van der Waals surface area contributed by atoms with Crippen LogP contribution in [0.3, 0.4) is 0 Å². The Morgan fingerprint density at radius 2 is 1.29 bits per heavy atom. The lowest BCUT2D eigenvalue weighted by molar-refractivity contribution is 0.646. The lowest BCUT2D eigenvalue weighted by Gasteiger charge is -2.41. The smallest absolute Gasteiger partial charge is 0.247 e. The summed E-state index contributed by atoms with van der Waals surface area (Å²) in [7, 11) is 0. The molecule has 2 aliphatic rings. The SMILES string of the molecule is CC1(C)c2ccccc2B2c3ccccc3-n3c4c(-c5ccccc5)cccc4c4ccc1c2c43. The van der Waals surface area contributed by atoms with Crippen LogP contribution < -0.4 is 16.4 Å². The summed E-state index contributed by atoms with van der Waals surface area (Å²) in [6.45, 7) is 5.04. The number of hydrogen-bond acceptors (Lipinski definition) is 0. The first-order valence-corrected chi connectivity index (χ1v) is 12.5. The fraction of sp³-hybridized carbons (Fsp3) is 0.0909. The third-order valence-corrected chi connectivity index (χ3v) is 8.47. The van der Waals surface area contributed by atoms with Crippen molar-refractivity contribution in [1.82, 2.24) is 4.57 Å². The number of aromatic nitrogens is 1. The first kappa shape index (κ1) is 19.3. The zero-order valence-corrected chi connectivity index (χ0v) is 19.9. The molecule has 2 aliphatic heterocycles. The van der Waals surface area contributed by atoms with Crippen LogP contribution >= 0.6 is 0 Å². The molecule has 6 aromatic rings. The molecule has 35 heavy (non-hydrogen) atoms. The van der Waals surface area contributed by atoms with Crippen LogP contribution in [0.1, 0.15) is 25.0 Å². The molecule has 1 nitrogen and oxygen atoms in total. The summed E-state index contributed by atoms with van der Waals surface area (Å²) in [4.78, 5) is 0. The van der Waals surface area contributed by atoms with Crippen LogP contribution in [0.2, 0.25) is 0 Å². The number of hydrogen-bond donors (Lipinski definition) is 0. The Morgan fingerprint density at radius 1 is 0.571 bits per heavy atom. The van der Waals surface area contributed by atoms with Gasteiger partial charge in [0.05, 0.1) is 5.52 Å². The molecule has 0 atom stereocenters. The van der Waals surface area contributed by atoms with E-state index in [2.05, 4.69) is 128 Å². The number of benzene rings is 5. The number of rotatable bonds is 1. The van der Waals surface area contributed by atoms with Gasteiger partial charge in [-0.15, -0.1) is 0 Å². The van der Waals surface area contributed by atoms with E-state index in [0.29, 0.717) is 0 Å². The summed E-state index contributed by atoms with van der Waals surface area (Å²) < 4.78 is 2.57. The molecule has 2 heteroatoms. The van der Waals surface area contributed by atoms with Gasteiger partial charge in [0.15, 0.2) is 0 Å². The van der Waals surface area contributed by atoms with Gasteiger partial charge in [0.25, 0.3) is 0 Å². The topological polar surface area (TPSA) is 4.93 Å². The molecule has 164 valence electrons. The third-order valence-electron chi connectivity index (χ3n) is 8.47. The maximum absolute atomic E-state index is 2.57. The molecular formula is C33H24BN. The van der Waals surface area contributed by atoms with Gasteiger partial charge in [-0.2, -0.15) is 0 Å². The molecule has 0 unspecified atom stereocenters. The van der Waals surface area contributed by atoms with E-state index in [1.807, 2.05) is 0 Å². The van der Waals surface area contributed by atoms with Crippen molar-refractivity contribution in [2.75, 3.05) is 0 Å². The van der Waals surface area contributed by atoms with Crippen molar-refractivity contribution in [1.29, 1.82) is 0 Å².